The van der Waals surface area contributed by atoms with Crippen LogP contribution in [0.3, 0.4) is 0 Å². The standard InChI is InChI=1S/C14H7F4NO/c15-11-4-1-10(8-19)13(7-11)9-2-5-12(6-3-9)20-14(16,17)18/h1-7H. The van der Waals surface area contributed by atoms with Crippen LogP contribution in [0.1, 0.15) is 5.56 Å². The molecule has 0 unspecified atom stereocenters. The largest absolute Gasteiger partial charge is 0.573 e. The number of ether oxygens (including phenoxy) is 1. The van der Waals surface area contributed by atoms with E-state index in [0.717, 1.165) is 24.3 Å². The Morgan fingerprint density at radius 3 is 2.20 bits per heavy atom. The molecule has 0 aliphatic carbocycles. The van der Waals surface area contributed by atoms with Gasteiger partial charge in [-0.05, 0) is 35.9 Å². The van der Waals surface area contributed by atoms with Crippen molar-refractivity contribution in [3.8, 4) is 22.9 Å². The zero-order chi connectivity index (χ0) is 14.8. The summed E-state index contributed by atoms with van der Waals surface area (Å²) in [5.74, 6) is -0.911. The molecule has 0 saturated heterocycles. The van der Waals surface area contributed by atoms with E-state index in [1.165, 1.54) is 18.2 Å². The van der Waals surface area contributed by atoms with Gasteiger partial charge in [-0.15, -0.1) is 13.2 Å². The van der Waals surface area contributed by atoms with Gasteiger partial charge in [-0.25, -0.2) is 4.39 Å². The van der Waals surface area contributed by atoms with Crippen molar-refractivity contribution in [1.29, 1.82) is 5.26 Å². The molecule has 0 heterocycles. The summed E-state index contributed by atoms with van der Waals surface area (Å²) in [6.07, 6.45) is -4.77. The minimum Gasteiger partial charge on any atom is -0.406 e. The van der Waals surface area contributed by atoms with Crippen molar-refractivity contribution in [1.82, 2.24) is 0 Å². The van der Waals surface area contributed by atoms with Gasteiger partial charge in [0.25, 0.3) is 0 Å². The Bertz CT molecular complexity index is 656. The zero-order valence-electron chi connectivity index (χ0n) is 9.91. The SMILES string of the molecule is N#Cc1ccc(F)cc1-c1ccc(OC(F)(F)F)cc1. The number of halogens is 4. The molecule has 2 aromatic carbocycles. The number of nitrogens with zero attached hydrogens (tertiary/aromatic N) is 1. The summed E-state index contributed by atoms with van der Waals surface area (Å²) in [5, 5.41) is 8.93. The van der Waals surface area contributed by atoms with Crippen LogP contribution in [-0.2, 0) is 0 Å². The fraction of sp³-hybridized carbons (Fsp3) is 0.0714. The Morgan fingerprint density at radius 1 is 1.00 bits per heavy atom. The van der Waals surface area contributed by atoms with Crippen molar-refractivity contribution in [2.75, 3.05) is 0 Å². The number of hydrogen-bond acceptors (Lipinski definition) is 2. The lowest BCUT2D eigenvalue weighted by atomic mass is 10.0. The normalized spacial score (nSPS) is 10.9. The zero-order valence-corrected chi connectivity index (χ0v) is 9.91. The van der Waals surface area contributed by atoms with Crippen molar-refractivity contribution in [2.24, 2.45) is 0 Å². The number of alkyl halides is 3. The first-order chi connectivity index (χ1) is 9.39. The highest BCUT2D eigenvalue weighted by Gasteiger charge is 2.30. The average molecular weight is 281 g/mol. The molecule has 2 aromatic rings. The van der Waals surface area contributed by atoms with Crippen LogP contribution in [0.25, 0.3) is 11.1 Å². The van der Waals surface area contributed by atoms with Gasteiger partial charge >= 0.3 is 6.36 Å². The molecule has 6 heteroatoms. The van der Waals surface area contributed by atoms with Crippen molar-refractivity contribution in [2.45, 2.75) is 6.36 Å². The summed E-state index contributed by atoms with van der Waals surface area (Å²) < 4.78 is 53.0. The fourth-order valence-electron chi connectivity index (χ4n) is 1.69. The minimum atomic E-state index is -4.77. The molecule has 0 atom stereocenters. The summed E-state index contributed by atoms with van der Waals surface area (Å²) in [6.45, 7) is 0. The number of benzene rings is 2. The average Bonchev–Trinajstić information content (AvgIpc) is 2.38. The van der Waals surface area contributed by atoms with Gasteiger partial charge in [0.15, 0.2) is 0 Å². The Kier molecular flexibility index (Phi) is 3.61. The number of nitriles is 1. The van der Waals surface area contributed by atoms with Crippen LogP contribution in [0.2, 0.25) is 0 Å². The maximum atomic E-state index is 13.2. The van der Waals surface area contributed by atoms with Crippen LogP contribution in [0.4, 0.5) is 17.6 Å². The molecule has 0 fully saturated rings. The van der Waals surface area contributed by atoms with E-state index < -0.39 is 12.2 Å². The predicted octanol–water partition coefficient (Wildman–Crippen LogP) is 4.26. The third-order valence-electron chi connectivity index (χ3n) is 2.50. The maximum Gasteiger partial charge on any atom is 0.573 e. The highest BCUT2D eigenvalue weighted by atomic mass is 19.4. The van der Waals surface area contributed by atoms with E-state index >= 15 is 0 Å². The summed E-state index contributed by atoms with van der Waals surface area (Å²) in [7, 11) is 0. The Morgan fingerprint density at radius 2 is 1.65 bits per heavy atom. The summed E-state index contributed by atoms with van der Waals surface area (Å²) in [4.78, 5) is 0. The lowest BCUT2D eigenvalue weighted by molar-refractivity contribution is -0.274. The Balaban J connectivity index is 2.36. The van der Waals surface area contributed by atoms with E-state index in [9.17, 15) is 17.6 Å². The summed E-state index contributed by atoms with van der Waals surface area (Å²) in [6, 6.07) is 10.4. The molecule has 0 amide bonds. The van der Waals surface area contributed by atoms with Gasteiger partial charge in [-0.1, -0.05) is 12.1 Å². The van der Waals surface area contributed by atoms with Crippen LogP contribution in [0, 0.1) is 17.1 Å². The van der Waals surface area contributed by atoms with Crippen LogP contribution in [0.15, 0.2) is 42.5 Å². The summed E-state index contributed by atoms with van der Waals surface area (Å²) in [5.41, 5.74) is 0.970. The molecule has 0 spiro atoms. The van der Waals surface area contributed by atoms with Crippen molar-refractivity contribution in [3.63, 3.8) is 0 Å². The maximum absolute atomic E-state index is 13.2. The molecule has 2 nitrogen and oxygen atoms in total. The molecule has 0 aliphatic rings. The predicted molar refractivity (Wildman–Crippen MR) is 63.2 cm³/mol. The van der Waals surface area contributed by atoms with Crippen LogP contribution >= 0.6 is 0 Å². The van der Waals surface area contributed by atoms with Gasteiger partial charge in [0.1, 0.15) is 11.6 Å². The highest BCUT2D eigenvalue weighted by Crippen LogP contribution is 2.28. The van der Waals surface area contributed by atoms with Crippen LogP contribution < -0.4 is 4.74 Å². The Hall–Kier alpha value is -2.55. The lowest BCUT2D eigenvalue weighted by Gasteiger charge is -2.10. The van der Waals surface area contributed by atoms with E-state index in [0.29, 0.717) is 11.1 Å². The van der Waals surface area contributed by atoms with Crippen molar-refractivity contribution in [3.05, 3.63) is 53.8 Å². The molecule has 0 saturated carbocycles. The summed E-state index contributed by atoms with van der Waals surface area (Å²) >= 11 is 0. The highest BCUT2D eigenvalue weighted by molar-refractivity contribution is 5.70. The Labute approximate surface area is 111 Å². The van der Waals surface area contributed by atoms with Gasteiger partial charge in [0, 0.05) is 5.56 Å². The molecular formula is C14H7F4NO. The number of rotatable bonds is 2. The third kappa shape index (κ3) is 3.26. The van der Waals surface area contributed by atoms with Crippen molar-refractivity contribution >= 4 is 0 Å². The molecule has 2 rings (SSSR count). The second kappa shape index (κ2) is 5.21. The minimum absolute atomic E-state index is 0.232. The molecule has 0 aromatic heterocycles. The molecule has 102 valence electrons. The first-order valence-electron chi connectivity index (χ1n) is 5.45. The quantitative estimate of drug-likeness (QED) is 0.770. The van der Waals surface area contributed by atoms with E-state index in [1.54, 1.807) is 0 Å². The monoisotopic (exact) mass is 281 g/mol. The lowest BCUT2D eigenvalue weighted by Crippen LogP contribution is -2.16. The molecule has 0 bridgehead atoms. The van der Waals surface area contributed by atoms with Gasteiger partial charge in [0.2, 0.25) is 0 Å². The van der Waals surface area contributed by atoms with Crippen molar-refractivity contribution < 1.29 is 22.3 Å². The van der Waals surface area contributed by atoms with Gasteiger partial charge in [-0.3, -0.25) is 0 Å². The van der Waals surface area contributed by atoms with E-state index in [1.807, 2.05) is 6.07 Å². The number of hydrogen-bond donors (Lipinski definition) is 0. The smallest absolute Gasteiger partial charge is 0.406 e. The second-order valence-corrected chi connectivity index (χ2v) is 3.87. The molecule has 0 aliphatic heterocycles. The molecule has 20 heavy (non-hydrogen) atoms. The first-order valence-corrected chi connectivity index (χ1v) is 5.45. The van der Waals surface area contributed by atoms with Crippen LogP contribution in [0.5, 0.6) is 5.75 Å². The van der Waals surface area contributed by atoms with E-state index in [-0.39, 0.29) is 11.3 Å². The first kappa shape index (κ1) is 13.9. The van der Waals surface area contributed by atoms with E-state index in [4.69, 9.17) is 5.26 Å². The topological polar surface area (TPSA) is 33.0 Å². The molecule has 0 radical (unpaired) electrons. The fourth-order valence-corrected chi connectivity index (χ4v) is 1.69. The van der Waals surface area contributed by atoms with Gasteiger partial charge < -0.3 is 4.74 Å². The van der Waals surface area contributed by atoms with Crippen LogP contribution in [-0.4, -0.2) is 6.36 Å². The van der Waals surface area contributed by atoms with E-state index in [2.05, 4.69) is 4.74 Å². The third-order valence-corrected chi connectivity index (χ3v) is 2.50. The molecular weight excluding hydrogens is 274 g/mol. The van der Waals surface area contributed by atoms with Gasteiger partial charge in [-0.2, -0.15) is 5.26 Å². The second-order valence-electron chi connectivity index (χ2n) is 3.87. The van der Waals surface area contributed by atoms with Gasteiger partial charge in [0.05, 0.1) is 11.6 Å². The molecule has 0 N–H and O–H groups in total.